The third kappa shape index (κ3) is 2.14. The van der Waals surface area contributed by atoms with Gasteiger partial charge in [-0.05, 0) is 17.7 Å². The second-order valence-electron chi connectivity index (χ2n) is 3.96. The molecule has 0 aliphatic heterocycles. The van der Waals surface area contributed by atoms with E-state index in [9.17, 15) is 9.90 Å². The third-order valence-electron chi connectivity index (χ3n) is 2.65. The number of aromatic hydroxyl groups is 1. The van der Waals surface area contributed by atoms with E-state index in [1.807, 2.05) is 0 Å². The summed E-state index contributed by atoms with van der Waals surface area (Å²) in [4.78, 5) is 22.4. The van der Waals surface area contributed by atoms with Crippen molar-refractivity contribution in [2.75, 3.05) is 0 Å². The Labute approximate surface area is 117 Å². The van der Waals surface area contributed by atoms with E-state index >= 15 is 0 Å². The van der Waals surface area contributed by atoms with Crippen LogP contribution in [-0.2, 0) is 0 Å². The van der Waals surface area contributed by atoms with Crippen LogP contribution in [0.3, 0.4) is 0 Å². The van der Waals surface area contributed by atoms with E-state index < -0.39 is 11.4 Å². The molecule has 3 aromatic rings. The van der Waals surface area contributed by atoms with Crippen molar-refractivity contribution in [1.29, 1.82) is 0 Å². The molecule has 0 amide bonds. The van der Waals surface area contributed by atoms with Crippen LogP contribution in [0.5, 0.6) is 5.88 Å². The standard InChI is InChI=1S/C12H8ClN5O2/c13-7-3-1-2-6(4-7)8-11(19)16-10(17-12(8)20)9-14-5-15-18-9/h1-5H,(H,14,15,18)(H2,16,17,19,20). The normalized spacial score (nSPS) is 10.7. The van der Waals surface area contributed by atoms with Crippen molar-refractivity contribution < 1.29 is 5.11 Å². The molecule has 1 aromatic carbocycles. The summed E-state index contributed by atoms with van der Waals surface area (Å²) in [6.07, 6.45) is 1.28. The van der Waals surface area contributed by atoms with Gasteiger partial charge in [0.25, 0.3) is 5.56 Å². The molecule has 2 aromatic heterocycles. The molecule has 2 heterocycles. The number of benzene rings is 1. The second kappa shape index (κ2) is 4.78. The fraction of sp³-hybridized carbons (Fsp3) is 0. The minimum Gasteiger partial charge on any atom is -0.493 e. The van der Waals surface area contributed by atoms with Gasteiger partial charge in [-0.25, -0.2) is 4.98 Å². The van der Waals surface area contributed by atoms with Gasteiger partial charge in [0.2, 0.25) is 5.88 Å². The maximum Gasteiger partial charge on any atom is 0.263 e. The Hall–Kier alpha value is -2.67. The van der Waals surface area contributed by atoms with Crippen molar-refractivity contribution in [3.63, 3.8) is 0 Å². The van der Waals surface area contributed by atoms with Crippen LogP contribution in [0.4, 0.5) is 0 Å². The highest BCUT2D eigenvalue weighted by Gasteiger charge is 2.15. The highest BCUT2D eigenvalue weighted by Crippen LogP contribution is 2.26. The molecule has 0 atom stereocenters. The number of nitrogens with zero attached hydrogens (tertiary/aromatic N) is 3. The van der Waals surface area contributed by atoms with Crippen LogP contribution in [-0.4, -0.2) is 30.3 Å². The number of aromatic amines is 2. The summed E-state index contributed by atoms with van der Waals surface area (Å²) in [5, 5.41) is 16.6. The zero-order chi connectivity index (χ0) is 14.1. The first-order valence-corrected chi connectivity index (χ1v) is 5.98. The fourth-order valence-electron chi connectivity index (χ4n) is 1.80. The monoisotopic (exact) mass is 289 g/mol. The number of H-pyrrole nitrogens is 2. The van der Waals surface area contributed by atoms with Crippen LogP contribution < -0.4 is 5.56 Å². The Balaban J connectivity index is 2.17. The molecule has 0 aliphatic carbocycles. The summed E-state index contributed by atoms with van der Waals surface area (Å²) < 4.78 is 0. The average molecular weight is 290 g/mol. The lowest BCUT2D eigenvalue weighted by Gasteiger charge is -2.05. The van der Waals surface area contributed by atoms with Crippen molar-refractivity contribution in [3.05, 3.63) is 46.0 Å². The first-order valence-electron chi connectivity index (χ1n) is 5.60. The lowest BCUT2D eigenvalue weighted by atomic mass is 10.1. The van der Waals surface area contributed by atoms with Gasteiger partial charge in [-0.3, -0.25) is 9.89 Å². The van der Waals surface area contributed by atoms with E-state index in [4.69, 9.17) is 11.6 Å². The number of nitrogens with one attached hydrogen (secondary N) is 2. The molecule has 0 unspecified atom stereocenters. The quantitative estimate of drug-likeness (QED) is 0.664. The SMILES string of the molecule is O=c1[nH]c(-c2ncn[nH]2)nc(O)c1-c1cccc(Cl)c1. The topological polar surface area (TPSA) is 108 Å². The summed E-state index contributed by atoms with van der Waals surface area (Å²) in [6, 6.07) is 6.58. The first-order chi connectivity index (χ1) is 9.65. The molecular formula is C12H8ClN5O2. The summed E-state index contributed by atoms with van der Waals surface area (Å²) in [6.45, 7) is 0. The van der Waals surface area contributed by atoms with E-state index in [0.717, 1.165) is 0 Å². The Bertz CT molecular complexity index is 813. The van der Waals surface area contributed by atoms with Crippen molar-refractivity contribution in [2.45, 2.75) is 0 Å². The molecule has 3 rings (SSSR count). The van der Waals surface area contributed by atoms with E-state index in [1.165, 1.54) is 6.33 Å². The molecule has 0 radical (unpaired) electrons. The van der Waals surface area contributed by atoms with Crippen LogP contribution >= 0.6 is 11.6 Å². The molecule has 0 bridgehead atoms. The molecule has 8 heteroatoms. The highest BCUT2D eigenvalue weighted by molar-refractivity contribution is 6.30. The van der Waals surface area contributed by atoms with Crippen LogP contribution in [0.15, 0.2) is 35.4 Å². The molecule has 0 spiro atoms. The minimum atomic E-state index is -0.494. The number of halogens is 1. The van der Waals surface area contributed by atoms with Crippen LogP contribution in [0.2, 0.25) is 5.02 Å². The Morgan fingerprint density at radius 1 is 1.25 bits per heavy atom. The van der Waals surface area contributed by atoms with E-state index in [-0.39, 0.29) is 17.2 Å². The fourth-order valence-corrected chi connectivity index (χ4v) is 1.99. The number of hydrogen-bond donors (Lipinski definition) is 3. The third-order valence-corrected chi connectivity index (χ3v) is 2.89. The highest BCUT2D eigenvalue weighted by atomic mass is 35.5. The van der Waals surface area contributed by atoms with Gasteiger partial charge in [-0.2, -0.15) is 10.1 Å². The minimum absolute atomic E-state index is 0.0516. The molecule has 0 aliphatic rings. The molecule has 3 N–H and O–H groups in total. The summed E-state index contributed by atoms with van der Waals surface area (Å²) in [5.41, 5.74) is 0.0369. The number of hydrogen-bond acceptors (Lipinski definition) is 5. The van der Waals surface area contributed by atoms with Gasteiger partial charge in [0.1, 0.15) is 11.9 Å². The van der Waals surface area contributed by atoms with Crippen LogP contribution in [0.1, 0.15) is 0 Å². The van der Waals surface area contributed by atoms with Gasteiger partial charge in [0.05, 0.1) is 0 Å². The largest absolute Gasteiger partial charge is 0.493 e. The van der Waals surface area contributed by atoms with Gasteiger partial charge in [-0.1, -0.05) is 23.7 Å². The zero-order valence-corrected chi connectivity index (χ0v) is 10.7. The van der Waals surface area contributed by atoms with E-state index in [0.29, 0.717) is 10.6 Å². The zero-order valence-electron chi connectivity index (χ0n) is 9.96. The van der Waals surface area contributed by atoms with Gasteiger partial charge in [0, 0.05) is 5.02 Å². The van der Waals surface area contributed by atoms with Gasteiger partial charge in [0.15, 0.2) is 11.6 Å². The maximum atomic E-state index is 12.1. The summed E-state index contributed by atoms with van der Waals surface area (Å²) in [7, 11) is 0. The summed E-state index contributed by atoms with van der Waals surface area (Å²) >= 11 is 5.87. The van der Waals surface area contributed by atoms with Gasteiger partial charge < -0.3 is 10.1 Å². The molecule has 100 valence electrons. The van der Waals surface area contributed by atoms with Crippen LogP contribution in [0, 0.1) is 0 Å². The van der Waals surface area contributed by atoms with E-state index in [1.54, 1.807) is 24.3 Å². The van der Waals surface area contributed by atoms with Crippen molar-refractivity contribution in [2.24, 2.45) is 0 Å². The molecule has 0 saturated heterocycles. The first kappa shape index (κ1) is 12.4. The average Bonchev–Trinajstić information content (AvgIpc) is 2.91. The number of rotatable bonds is 2. The van der Waals surface area contributed by atoms with Crippen molar-refractivity contribution >= 4 is 11.6 Å². The molecule has 0 saturated carbocycles. The summed E-state index contributed by atoms with van der Waals surface area (Å²) in [5.74, 6) is -0.0340. The molecule has 20 heavy (non-hydrogen) atoms. The number of aromatic nitrogens is 5. The lowest BCUT2D eigenvalue weighted by Crippen LogP contribution is -2.12. The maximum absolute atomic E-state index is 12.1. The predicted molar refractivity (Wildman–Crippen MR) is 72.3 cm³/mol. The molecule has 7 nitrogen and oxygen atoms in total. The lowest BCUT2D eigenvalue weighted by molar-refractivity contribution is 0.454. The van der Waals surface area contributed by atoms with Crippen molar-refractivity contribution in [3.8, 4) is 28.7 Å². The van der Waals surface area contributed by atoms with Crippen molar-refractivity contribution in [1.82, 2.24) is 25.1 Å². The second-order valence-corrected chi connectivity index (χ2v) is 4.39. The predicted octanol–water partition coefficient (Wildman–Crippen LogP) is 1.58. The molecular weight excluding hydrogens is 282 g/mol. The van der Waals surface area contributed by atoms with Gasteiger partial charge in [-0.15, -0.1) is 0 Å². The Kier molecular flexibility index (Phi) is 2.96. The smallest absolute Gasteiger partial charge is 0.263 e. The van der Waals surface area contributed by atoms with E-state index in [2.05, 4.69) is 25.1 Å². The van der Waals surface area contributed by atoms with Crippen LogP contribution in [0.25, 0.3) is 22.8 Å². The van der Waals surface area contributed by atoms with Gasteiger partial charge >= 0.3 is 0 Å². The Morgan fingerprint density at radius 2 is 2.10 bits per heavy atom. The molecule has 0 fully saturated rings. The Morgan fingerprint density at radius 3 is 2.75 bits per heavy atom.